The van der Waals surface area contributed by atoms with Crippen molar-refractivity contribution in [3.05, 3.63) is 81.7 Å². The number of β-lactam (4-membered cyclic amide) rings is 1. The number of esters is 1. The number of ether oxygens (including phenoxy) is 2. The molecular formula is C26H27N3O10S. The molecule has 13 nitrogen and oxygen atoms in total. The lowest BCUT2D eigenvalue weighted by molar-refractivity contribution is -0.384. The van der Waals surface area contributed by atoms with Crippen molar-refractivity contribution >= 4 is 33.6 Å². The third kappa shape index (κ3) is 6.22. The topological polar surface area (TPSA) is 171 Å². The molecule has 2 atom stereocenters. The minimum atomic E-state index is -4.07. The van der Waals surface area contributed by atoms with Gasteiger partial charge in [0.25, 0.3) is 17.5 Å². The van der Waals surface area contributed by atoms with Crippen LogP contribution in [0.4, 0.5) is 5.69 Å². The van der Waals surface area contributed by atoms with Crippen LogP contribution in [0.2, 0.25) is 0 Å². The van der Waals surface area contributed by atoms with Crippen LogP contribution in [-0.2, 0) is 40.0 Å². The molecule has 2 aromatic carbocycles. The molecule has 0 saturated carbocycles. The van der Waals surface area contributed by atoms with Crippen molar-refractivity contribution in [2.75, 3.05) is 12.9 Å². The standard InChI is InChI=1S/C26H27N3O10S/c1-26(2)13-19(39-40(3,35)36)22(25(32)38-14-16-9-11-17(12-10-16)29(33)34)28-23(26)21(24(28)31)27-20(30)15-37-18-7-5-4-6-8-18/h4-12,21,23H,13-15H2,1-3H3,(H,27,30). The fourth-order valence-electron chi connectivity index (χ4n) is 4.69. The Morgan fingerprint density at radius 2 is 1.77 bits per heavy atom. The van der Waals surface area contributed by atoms with Gasteiger partial charge in [0.1, 0.15) is 18.4 Å². The van der Waals surface area contributed by atoms with Crippen molar-refractivity contribution in [3.8, 4) is 5.75 Å². The lowest BCUT2D eigenvalue weighted by atomic mass is 9.68. The molecule has 1 N–H and O–H groups in total. The molecule has 2 amide bonds. The van der Waals surface area contributed by atoms with Gasteiger partial charge in [0.05, 0.1) is 17.2 Å². The molecule has 0 aliphatic carbocycles. The van der Waals surface area contributed by atoms with E-state index in [0.717, 1.165) is 11.2 Å². The van der Waals surface area contributed by atoms with Crippen molar-refractivity contribution in [2.45, 2.75) is 39.0 Å². The van der Waals surface area contributed by atoms with E-state index in [9.17, 15) is 32.9 Å². The molecule has 2 aliphatic rings. The molecule has 2 aliphatic heterocycles. The van der Waals surface area contributed by atoms with Crippen LogP contribution in [0, 0.1) is 15.5 Å². The van der Waals surface area contributed by atoms with Crippen LogP contribution in [0.1, 0.15) is 25.8 Å². The Kier molecular flexibility index (Phi) is 7.82. The average Bonchev–Trinajstić information content (AvgIpc) is 2.88. The number of nitro groups is 1. The Morgan fingerprint density at radius 3 is 2.38 bits per heavy atom. The number of fused-ring (bicyclic) bond motifs is 1. The number of benzene rings is 2. The van der Waals surface area contributed by atoms with Crippen LogP contribution in [0.15, 0.2) is 66.1 Å². The van der Waals surface area contributed by atoms with E-state index in [0.29, 0.717) is 11.3 Å². The van der Waals surface area contributed by atoms with Crippen molar-refractivity contribution in [2.24, 2.45) is 5.41 Å². The molecule has 0 spiro atoms. The second kappa shape index (κ2) is 11.0. The second-order valence-electron chi connectivity index (χ2n) is 10.0. The zero-order chi connectivity index (χ0) is 29.2. The smallest absolute Gasteiger partial charge is 0.358 e. The van der Waals surface area contributed by atoms with Gasteiger partial charge >= 0.3 is 16.1 Å². The molecule has 40 heavy (non-hydrogen) atoms. The maximum Gasteiger partial charge on any atom is 0.358 e. The van der Waals surface area contributed by atoms with Gasteiger partial charge in [-0.1, -0.05) is 32.0 Å². The van der Waals surface area contributed by atoms with Crippen LogP contribution in [-0.4, -0.2) is 61.0 Å². The zero-order valence-electron chi connectivity index (χ0n) is 21.9. The van der Waals surface area contributed by atoms with Crippen molar-refractivity contribution < 1.29 is 41.4 Å². The van der Waals surface area contributed by atoms with Gasteiger partial charge < -0.3 is 19.0 Å². The third-order valence-corrected chi connectivity index (χ3v) is 6.92. The summed E-state index contributed by atoms with van der Waals surface area (Å²) in [6.45, 7) is 2.85. The summed E-state index contributed by atoms with van der Waals surface area (Å²) in [5.41, 5.74) is -0.912. The molecule has 14 heteroatoms. The van der Waals surface area contributed by atoms with Crippen molar-refractivity contribution in [3.63, 3.8) is 0 Å². The number of nitro benzene ring substituents is 1. The van der Waals surface area contributed by atoms with E-state index in [1.54, 1.807) is 44.2 Å². The fourth-order valence-corrected chi connectivity index (χ4v) is 5.19. The molecule has 2 unspecified atom stereocenters. The van der Waals surface area contributed by atoms with Gasteiger partial charge in [0, 0.05) is 18.6 Å². The Balaban J connectivity index is 1.53. The Labute approximate surface area is 230 Å². The van der Waals surface area contributed by atoms with Crippen LogP contribution >= 0.6 is 0 Å². The summed E-state index contributed by atoms with van der Waals surface area (Å²) >= 11 is 0. The van der Waals surface area contributed by atoms with Crippen molar-refractivity contribution in [1.29, 1.82) is 0 Å². The van der Waals surface area contributed by atoms with Crippen LogP contribution in [0.5, 0.6) is 5.75 Å². The third-order valence-electron chi connectivity index (χ3n) is 6.41. The van der Waals surface area contributed by atoms with Gasteiger partial charge in [0.2, 0.25) is 0 Å². The van der Waals surface area contributed by atoms with E-state index in [-0.39, 0.29) is 36.8 Å². The fraction of sp³-hybridized carbons (Fsp3) is 0.346. The number of hydrogen-bond acceptors (Lipinski definition) is 10. The van der Waals surface area contributed by atoms with E-state index in [1.807, 2.05) is 0 Å². The number of rotatable bonds is 10. The summed E-state index contributed by atoms with van der Waals surface area (Å²) in [4.78, 5) is 50.4. The lowest BCUT2D eigenvalue weighted by Crippen LogP contribution is -2.76. The number of carbonyl (C=O) groups is 3. The van der Waals surface area contributed by atoms with Crippen LogP contribution in [0.3, 0.4) is 0 Å². The largest absolute Gasteiger partial charge is 0.484 e. The monoisotopic (exact) mass is 573 g/mol. The first-order chi connectivity index (χ1) is 18.8. The summed E-state index contributed by atoms with van der Waals surface area (Å²) < 4.78 is 39.9. The highest BCUT2D eigenvalue weighted by atomic mass is 32.2. The second-order valence-corrected chi connectivity index (χ2v) is 11.6. The molecule has 0 radical (unpaired) electrons. The SMILES string of the molecule is CC1(C)CC(OS(C)(=O)=O)=C(C(=O)OCc2ccc([N+](=O)[O-])cc2)N2C(=O)C(NC(=O)COc3ccccc3)C21. The first kappa shape index (κ1) is 28.5. The van der Waals surface area contributed by atoms with Gasteiger partial charge in [-0.25, -0.2) is 4.79 Å². The van der Waals surface area contributed by atoms with Gasteiger partial charge in [-0.05, 0) is 35.2 Å². The number of non-ortho nitro benzene ring substituents is 1. The summed E-state index contributed by atoms with van der Waals surface area (Å²) in [6.07, 6.45) is 0.760. The Bertz CT molecular complexity index is 1470. The van der Waals surface area contributed by atoms with Gasteiger partial charge in [-0.2, -0.15) is 8.42 Å². The molecule has 2 heterocycles. The molecule has 2 aromatic rings. The first-order valence-electron chi connectivity index (χ1n) is 12.1. The van der Waals surface area contributed by atoms with Crippen LogP contribution in [0.25, 0.3) is 0 Å². The number of nitrogens with zero attached hydrogens (tertiary/aromatic N) is 2. The lowest BCUT2D eigenvalue weighted by Gasteiger charge is -2.56. The maximum absolute atomic E-state index is 13.3. The number of nitrogens with one attached hydrogen (secondary N) is 1. The minimum absolute atomic E-state index is 0.0522. The number of amides is 2. The Morgan fingerprint density at radius 1 is 1.12 bits per heavy atom. The highest BCUT2D eigenvalue weighted by Gasteiger charge is 2.61. The van der Waals surface area contributed by atoms with Gasteiger partial charge in [-0.15, -0.1) is 0 Å². The highest BCUT2D eigenvalue weighted by Crippen LogP contribution is 2.48. The van der Waals surface area contributed by atoms with Gasteiger partial charge in [0.15, 0.2) is 18.1 Å². The number of allylic oxidation sites excluding steroid dienone is 1. The average molecular weight is 574 g/mol. The highest BCUT2D eigenvalue weighted by molar-refractivity contribution is 7.86. The Hall–Kier alpha value is -4.46. The molecule has 4 rings (SSSR count). The van der Waals surface area contributed by atoms with E-state index in [4.69, 9.17) is 13.7 Å². The van der Waals surface area contributed by atoms with Crippen LogP contribution < -0.4 is 10.1 Å². The normalized spacial score (nSPS) is 19.7. The maximum atomic E-state index is 13.3. The van der Waals surface area contributed by atoms with E-state index in [2.05, 4.69) is 5.32 Å². The summed E-state index contributed by atoms with van der Waals surface area (Å²) in [7, 11) is -4.07. The molecule has 1 fully saturated rings. The number of carbonyl (C=O) groups excluding carboxylic acids is 3. The summed E-state index contributed by atoms with van der Waals surface area (Å²) in [5, 5.41) is 13.5. The first-order valence-corrected chi connectivity index (χ1v) is 13.9. The zero-order valence-corrected chi connectivity index (χ0v) is 22.7. The number of para-hydroxylation sites is 1. The minimum Gasteiger partial charge on any atom is -0.484 e. The summed E-state index contributed by atoms with van der Waals surface area (Å²) in [6, 6.07) is 12.2. The molecule has 212 valence electrons. The predicted molar refractivity (Wildman–Crippen MR) is 139 cm³/mol. The number of hydrogen-bond donors (Lipinski definition) is 1. The quantitative estimate of drug-likeness (QED) is 0.146. The molecule has 0 aromatic heterocycles. The van der Waals surface area contributed by atoms with Crippen molar-refractivity contribution in [1.82, 2.24) is 10.2 Å². The van der Waals surface area contributed by atoms with Gasteiger partial charge in [-0.3, -0.25) is 24.6 Å². The van der Waals surface area contributed by atoms with E-state index in [1.165, 1.54) is 24.3 Å². The summed E-state index contributed by atoms with van der Waals surface area (Å²) in [5.74, 6) is -2.02. The van der Waals surface area contributed by atoms with E-state index < -0.39 is 50.3 Å². The van der Waals surface area contributed by atoms with E-state index >= 15 is 0 Å². The molecule has 1 saturated heterocycles. The molecular weight excluding hydrogens is 546 g/mol. The predicted octanol–water partition coefficient (Wildman–Crippen LogP) is 2.03. The molecule has 0 bridgehead atoms.